The molecule has 3 heterocycles. The van der Waals surface area contributed by atoms with Gasteiger partial charge in [0.05, 0.1) is 16.6 Å². The number of piperidine rings is 1. The Bertz CT molecular complexity index is 1090. The highest BCUT2D eigenvalue weighted by molar-refractivity contribution is 5.92. The van der Waals surface area contributed by atoms with Crippen LogP contribution in [-0.4, -0.2) is 48.9 Å². The van der Waals surface area contributed by atoms with Crippen LogP contribution in [0.3, 0.4) is 0 Å². The third-order valence-corrected chi connectivity index (χ3v) is 5.47. The van der Waals surface area contributed by atoms with Crippen LogP contribution in [0, 0.1) is 5.92 Å². The van der Waals surface area contributed by atoms with Crippen LogP contribution in [0.25, 0.3) is 10.9 Å². The Labute approximate surface area is 168 Å². The van der Waals surface area contributed by atoms with Crippen LogP contribution < -0.4 is 5.56 Å². The number of benzene rings is 1. The van der Waals surface area contributed by atoms with Crippen LogP contribution in [0.1, 0.15) is 49.9 Å². The third-order valence-electron chi connectivity index (χ3n) is 5.47. The van der Waals surface area contributed by atoms with Crippen LogP contribution >= 0.6 is 0 Å². The largest absolute Gasteiger partial charge is 0.336 e. The molecular weight excluding hydrogens is 368 g/mol. The maximum absolute atomic E-state index is 12.8. The summed E-state index contributed by atoms with van der Waals surface area (Å²) in [6, 6.07) is 7.04. The summed E-state index contributed by atoms with van der Waals surface area (Å²) < 4.78 is 1.91. The molecule has 152 valence electrons. The molecule has 0 spiro atoms. The standard InChI is InChI=1S/C21H26N6O2/c1-21(2,3)17-13-27(25-24-17)12-14-8-10-26(11-9-14)20(29)18-22-16-7-5-4-6-15(16)19(28)23-18/h4-7,13-14H,8-12H2,1-3H3,(H,22,23,28). The van der Waals surface area contributed by atoms with E-state index in [4.69, 9.17) is 0 Å². The van der Waals surface area contributed by atoms with E-state index in [0.717, 1.165) is 25.1 Å². The summed E-state index contributed by atoms with van der Waals surface area (Å²) in [6.07, 6.45) is 3.78. The monoisotopic (exact) mass is 394 g/mol. The average molecular weight is 394 g/mol. The maximum atomic E-state index is 12.8. The van der Waals surface area contributed by atoms with Crippen LogP contribution in [0.4, 0.5) is 0 Å². The molecule has 1 fully saturated rings. The van der Waals surface area contributed by atoms with Gasteiger partial charge in [-0.05, 0) is 30.9 Å². The lowest BCUT2D eigenvalue weighted by molar-refractivity contribution is 0.0668. The number of carbonyl (C=O) groups excluding carboxylic acids is 1. The van der Waals surface area contributed by atoms with Crippen molar-refractivity contribution in [2.75, 3.05) is 13.1 Å². The number of nitrogens with one attached hydrogen (secondary N) is 1. The average Bonchev–Trinajstić information content (AvgIpc) is 3.17. The van der Waals surface area contributed by atoms with Gasteiger partial charge in [0.2, 0.25) is 0 Å². The van der Waals surface area contributed by atoms with Gasteiger partial charge in [-0.3, -0.25) is 14.3 Å². The van der Waals surface area contributed by atoms with Gasteiger partial charge in [-0.15, -0.1) is 5.10 Å². The zero-order valence-corrected chi connectivity index (χ0v) is 17.1. The maximum Gasteiger partial charge on any atom is 0.289 e. The second-order valence-corrected chi connectivity index (χ2v) is 8.74. The molecule has 1 aliphatic rings. The van der Waals surface area contributed by atoms with E-state index in [0.29, 0.717) is 29.9 Å². The number of rotatable bonds is 3. The molecule has 1 N–H and O–H groups in total. The van der Waals surface area contributed by atoms with Gasteiger partial charge < -0.3 is 9.88 Å². The quantitative estimate of drug-likeness (QED) is 0.736. The summed E-state index contributed by atoms with van der Waals surface area (Å²) in [6.45, 7) is 8.45. The number of hydrogen-bond acceptors (Lipinski definition) is 5. The number of nitrogens with zero attached hydrogens (tertiary/aromatic N) is 5. The minimum absolute atomic E-state index is 0.0161. The molecule has 8 heteroatoms. The summed E-state index contributed by atoms with van der Waals surface area (Å²) in [7, 11) is 0. The Morgan fingerprint density at radius 2 is 1.93 bits per heavy atom. The third kappa shape index (κ3) is 4.06. The van der Waals surface area contributed by atoms with E-state index in [1.165, 1.54) is 0 Å². The SMILES string of the molecule is CC(C)(C)c1cn(CC2CCN(C(=O)c3nc4ccccc4c(=O)[nH]3)CC2)nn1. The van der Waals surface area contributed by atoms with Crippen molar-refractivity contribution in [3.8, 4) is 0 Å². The summed E-state index contributed by atoms with van der Waals surface area (Å²) in [5.74, 6) is 0.331. The summed E-state index contributed by atoms with van der Waals surface area (Å²) in [4.78, 5) is 33.8. The van der Waals surface area contributed by atoms with Gasteiger partial charge >= 0.3 is 0 Å². The van der Waals surface area contributed by atoms with Crippen molar-refractivity contribution in [3.63, 3.8) is 0 Å². The number of aromatic nitrogens is 5. The van der Waals surface area contributed by atoms with Crippen molar-refractivity contribution in [1.82, 2.24) is 29.9 Å². The number of carbonyl (C=O) groups is 1. The molecule has 4 rings (SSSR count). The second kappa shape index (κ2) is 7.42. The number of para-hydroxylation sites is 1. The minimum Gasteiger partial charge on any atom is -0.336 e. The lowest BCUT2D eigenvalue weighted by Crippen LogP contribution is -2.40. The number of aromatic amines is 1. The van der Waals surface area contributed by atoms with Crippen molar-refractivity contribution in [3.05, 3.63) is 52.3 Å². The summed E-state index contributed by atoms with van der Waals surface area (Å²) in [5, 5.41) is 9.02. The fourth-order valence-corrected chi connectivity index (χ4v) is 3.65. The van der Waals surface area contributed by atoms with E-state index in [2.05, 4.69) is 41.1 Å². The Kier molecular flexibility index (Phi) is 4.94. The number of amides is 1. The van der Waals surface area contributed by atoms with Gasteiger partial charge in [0.15, 0.2) is 5.82 Å². The molecule has 29 heavy (non-hydrogen) atoms. The van der Waals surface area contributed by atoms with Crippen LogP contribution in [-0.2, 0) is 12.0 Å². The zero-order chi connectivity index (χ0) is 20.6. The number of hydrogen-bond donors (Lipinski definition) is 1. The van der Waals surface area contributed by atoms with Gasteiger partial charge in [-0.25, -0.2) is 4.98 Å². The van der Waals surface area contributed by atoms with Crippen LogP contribution in [0.2, 0.25) is 0 Å². The molecule has 8 nitrogen and oxygen atoms in total. The number of likely N-dealkylation sites (tertiary alicyclic amines) is 1. The van der Waals surface area contributed by atoms with Gasteiger partial charge in [-0.1, -0.05) is 38.1 Å². The number of H-pyrrole nitrogens is 1. The molecule has 0 unspecified atom stereocenters. The molecular formula is C21H26N6O2. The smallest absolute Gasteiger partial charge is 0.289 e. The fraction of sp³-hybridized carbons (Fsp3) is 0.476. The predicted octanol–water partition coefficient (Wildman–Crippen LogP) is 2.36. The second-order valence-electron chi connectivity index (χ2n) is 8.74. The van der Waals surface area contributed by atoms with E-state index in [-0.39, 0.29) is 22.7 Å². The molecule has 0 atom stereocenters. The van der Waals surface area contributed by atoms with E-state index >= 15 is 0 Å². The van der Waals surface area contributed by atoms with Crippen molar-refractivity contribution in [2.24, 2.45) is 5.92 Å². The first-order valence-electron chi connectivity index (χ1n) is 10.0. The fourth-order valence-electron chi connectivity index (χ4n) is 3.65. The predicted molar refractivity (Wildman–Crippen MR) is 110 cm³/mol. The van der Waals surface area contributed by atoms with Gasteiger partial charge in [0.1, 0.15) is 0 Å². The minimum atomic E-state index is -0.283. The molecule has 1 saturated heterocycles. The molecule has 2 aromatic heterocycles. The Hall–Kier alpha value is -3.03. The first kappa shape index (κ1) is 19.3. The highest BCUT2D eigenvalue weighted by atomic mass is 16.2. The molecule has 1 aromatic carbocycles. The topological polar surface area (TPSA) is 96.8 Å². The normalized spacial score (nSPS) is 15.8. The highest BCUT2D eigenvalue weighted by Gasteiger charge is 2.26. The van der Waals surface area contributed by atoms with Crippen LogP contribution in [0.15, 0.2) is 35.3 Å². The van der Waals surface area contributed by atoms with E-state index < -0.39 is 0 Å². The lowest BCUT2D eigenvalue weighted by Gasteiger charge is -2.31. The molecule has 1 aliphatic heterocycles. The van der Waals surface area contributed by atoms with Crippen molar-refractivity contribution >= 4 is 16.8 Å². The molecule has 1 amide bonds. The van der Waals surface area contributed by atoms with E-state index in [1.54, 1.807) is 23.1 Å². The van der Waals surface area contributed by atoms with Crippen molar-refractivity contribution in [1.29, 1.82) is 0 Å². The van der Waals surface area contributed by atoms with Crippen molar-refractivity contribution < 1.29 is 4.79 Å². The molecule has 0 saturated carbocycles. The van der Waals surface area contributed by atoms with E-state index in [1.807, 2.05) is 16.9 Å². The molecule has 0 bridgehead atoms. The van der Waals surface area contributed by atoms with Gasteiger partial charge in [0.25, 0.3) is 11.5 Å². The van der Waals surface area contributed by atoms with Crippen LogP contribution in [0.5, 0.6) is 0 Å². The first-order valence-corrected chi connectivity index (χ1v) is 10.0. The van der Waals surface area contributed by atoms with Crippen molar-refractivity contribution in [2.45, 2.75) is 45.6 Å². The molecule has 3 aromatic rings. The highest BCUT2D eigenvalue weighted by Crippen LogP contribution is 2.22. The summed E-state index contributed by atoms with van der Waals surface area (Å²) >= 11 is 0. The lowest BCUT2D eigenvalue weighted by atomic mass is 9.93. The van der Waals surface area contributed by atoms with E-state index in [9.17, 15) is 9.59 Å². The zero-order valence-electron chi connectivity index (χ0n) is 17.1. The summed E-state index contributed by atoms with van der Waals surface area (Å²) in [5.41, 5.74) is 1.22. The first-order chi connectivity index (χ1) is 13.8. The molecule has 0 radical (unpaired) electrons. The van der Waals surface area contributed by atoms with Gasteiger partial charge in [0, 0.05) is 31.2 Å². The Morgan fingerprint density at radius 1 is 1.21 bits per heavy atom. The Balaban J connectivity index is 1.40. The molecule has 0 aliphatic carbocycles. The number of fused-ring (bicyclic) bond motifs is 1. The Morgan fingerprint density at radius 3 is 2.62 bits per heavy atom. The van der Waals surface area contributed by atoms with Gasteiger partial charge in [-0.2, -0.15) is 0 Å².